The van der Waals surface area contributed by atoms with E-state index in [4.69, 9.17) is 0 Å². The van der Waals surface area contributed by atoms with Crippen molar-refractivity contribution >= 4 is 15.8 Å². The van der Waals surface area contributed by atoms with Crippen LogP contribution in [0.3, 0.4) is 0 Å². The maximum Gasteiger partial charge on any atom is 0.324 e. The zero-order valence-electron chi connectivity index (χ0n) is 12.2. The predicted octanol–water partition coefficient (Wildman–Crippen LogP) is 0.618. The maximum atomic E-state index is 11.7. The van der Waals surface area contributed by atoms with Crippen molar-refractivity contribution in [2.75, 3.05) is 6.26 Å². The van der Waals surface area contributed by atoms with Gasteiger partial charge < -0.3 is 5.11 Å². The van der Waals surface area contributed by atoms with Crippen molar-refractivity contribution in [2.45, 2.75) is 24.6 Å². The average molecular weight is 324 g/mol. The summed E-state index contributed by atoms with van der Waals surface area (Å²) in [5, 5.41) is 13.3. The summed E-state index contributed by atoms with van der Waals surface area (Å²) >= 11 is 0. The zero-order chi connectivity index (χ0) is 16.4. The first-order chi connectivity index (χ1) is 10.2. The molecule has 2 heterocycles. The van der Waals surface area contributed by atoms with Gasteiger partial charge in [-0.15, -0.1) is 0 Å². The van der Waals surface area contributed by atoms with E-state index in [2.05, 4.69) is 15.1 Å². The molecule has 1 N–H and O–H groups in total. The van der Waals surface area contributed by atoms with Crippen LogP contribution < -0.4 is 0 Å². The minimum Gasteiger partial charge on any atom is -0.480 e. The van der Waals surface area contributed by atoms with Crippen molar-refractivity contribution in [2.24, 2.45) is 0 Å². The molecular formula is C13H16N4O4S. The molecule has 2 rings (SSSR count). The van der Waals surface area contributed by atoms with Gasteiger partial charge in [0.25, 0.3) is 0 Å². The smallest absolute Gasteiger partial charge is 0.324 e. The summed E-state index contributed by atoms with van der Waals surface area (Å²) in [4.78, 5) is 19.4. The Morgan fingerprint density at radius 1 is 1.36 bits per heavy atom. The Kier molecular flexibility index (Phi) is 4.27. The third kappa shape index (κ3) is 3.14. The van der Waals surface area contributed by atoms with Crippen molar-refractivity contribution in [3.63, 3.8) is 0 Å². The van der Waals surface area contributed by atoms with Gasteiger partial charge in [-0.3, -0.25) is 19.4 Å². The van der Waals surface area contributed by atoms with E-state index >= 15 is 0 Å². The Balaban J connectivity index is 2.16. The molecule has 0 spiro atoms. The lowest BCUT2D eigenvalue weighted by molar-refractivity contribution is -0.139. The molecule has 22 heavy (non-hydrogen) atoms. The number of hydrogen-bond donors (Lipinski definition) is 1. The number of hydrogen-bond acceptors (Lipinski definition) is 6. The van der Waals surface area contributed by atoms with Gasteiger partial charge >= 0.3 is 5.97 Å². The summed E-state index contributed by atoms with van der Waals surface area (Å²) in [6.07, 6.45) is 8.78. The normalized spacial score (nSPS) is 14.5. The first-order valence-corrected chi connectivity index (χ1v) is 8.35. The van der Waals surface area contributed by atoms with Gasteiger partial charge in [0.2, 0.25) is 0 Å². The standard InChI is InChI=1S/C13H16N4O4S/c1-13(12(18)19,22(2,20)21)3-6-17-9-10(7-16-17)11-8-14-4-5-15-11/h4-5,7-9H,3,6H2,1-2H3,(H,18,19)/t13-/m1/s1. The number of carboxylic acids is 1. The molecule has 2 aromatic rings. The van der Waals surface area contributed by atoms with E-state index < -0.39 is 20.6 Å². The van der Waals surface area contributed by atoms with Gasteiger partial charge in [-0.2, -0.15) is 5.10 Å². The predicted molar refractivity (Wildman–Crippen MR) is 78.8 cm³/mol. The molecule has 0 aliphatic carbocycles. The number of nitrogens with zero attached hydrogens (tertiary/aromatic N) is 4. The van der Waals surface area contributed by atoms with E-state index in [9.17, 15) is 18.3 Å². The summed E-state index contributed by atoms with van der Waals surface area (Å²) in [7, 11) is -3.74. The first-order valence-electron chi connectivity index (χ1n) is 6.46. The van der Waals surface area contributed by atoms with E-state index in [1.54, 1.807) is 31.0 Å². The number of aliphatic carboxylic acids is 1. The minimum absolute atomic E-state index is 0.0806. The Hall–Kier alpha value is -2.29. The number of rotatable bonds is 6. The molecule has 0 amide bonds. The Morgan fingerprint density at radius 2 is 2.09 bits per heavy atom. The highest BCUT2D eigenvalue weighted by atomic mass is 32.2. The lowest BCUT2D eigenvalue weighted by Crippen LogP contribution is -2.43. The molecule has 0 radical (unpaired) electrons. The third-order valence-corrected chi connectivity index (χ3v) is 5.60. The number of sulfone groups is 1. The second-order valence-electron chi connectivity index (χ2n) is 5.14. The fourth-order valence-electron chi connectivity index (χ4n) is 1.85. The second kappa shape index (κ2) is 5.84. The highest BCUT2D eigenvalue weighted by molar-refractivity contribution is 7.92. The zero-order valence-corrected chi connectivity index (χ0v) is 13.0. The van der Waals surface area contributed by atoms with Gasteiger partial charge in [-0.25, -0.2) is 8.42 Å². The van der Waals surface area contributed by atoms with Gasteiger partial charge in [0.1, 0.15) is 0 Å². The van der Waals surface area contributed by atoms with Crippen LogP contribution in [-0.4, -0.2) is 50.2 Å². The molecule has 0 unspecified atom stereocenters. The van der Waals surface area contributed by atoms with Crippen LogP contribution in [0.15, 0.2) is 31.0 Å². The van der Waals surface area contributed by atoms with Crippen LogP contribution >= 0.6 is 0 Å². The minimum atomic E-state index is -3.74. The molecule has 0 bridgehead atoms. The molecule has 0 aliphatic rings. The SMILES string of the molecule is C[C@@](CCn1cc(-c2cnccn2)cn1)(C(=O)O)S(C)(=O)=O. The van der Waals surface area contributed by atoms with Crippen molar-refractivity contribution < 1.29 is 18.3 Å². The van der Waals surface area contributed by atoms with Crippen LogP contribution in [0.25, 0.3) is 11.3 Å². The fourth-order valence-corrected chi connectivity index (χ4v) is 2.62. The van der Waals surface area contributed by atoms with Crippen molar-refractivity contribution in [3.8, 4) is 11.3 Å². The monoisotopic (exact) mass is 324 g/mol. The summed E-state index contributed by atoms with van der Waals surface area (Å²) in [5.74, 6) is -1.36. The molecular weight excluding hydrogens is 308 g/mol. The van der Waals surface area contributed by atoms with E-state index in [0.29, 0.717) is 5.69 Å². The summed E-state index contributed by atoms with van der Waals surface area (Å²) in [6, 6.07) is 0. The van der Waals surface area contributed by atoms with Crippen LogP contribution in [0.2, 0.25) is 0 Å². The number of carbonyl (C=O) groups is 1. The van der Waals surface area contributed by atoms with E-state index in [1.165, 1.54) is 11.6 Å². The molecule has 118 valence electrons. The second-order valence-corrected chi connectivity index (χ2v) is 7.59. The summed E-state index contributed by atoms with van der Waals surface area (Å²) in [6.45, 7) is 1.37. The van der Waals surface area contributed by atoms with E-state index in [0.717, 1.165) is 11.8 Å². The number of aromatic nitrogens is 4. The lowest BCUT2D eigenvalue weighted by Gasteiger charge is -2.22. The van der Waals surface area contributed by atoms with E-state index in [1.807, 2.05) is 0 Å². The van der Waals surface area contributed by atoms with Crippen LogP contribution in [0.4, 0.5) is 0 Å². The van der Waals surface area contributed by atoms with Gasteiger partial charge in [-0.05, 0) is 13.3 Å². The van der Waals surface area contributed by atoms with Crippen molar-refractivity contribution in [1.82, 2.24) is 19.7 Å². The Bertz CT molecular complexity index is 772. The van der Waals surface area contributed by atoms with Gasteiger partial charge in [0, 0.05) is 37.0 Å². The average Bonchev–Trinajstić information content (AvgIpc) is 2.93. The van der Waals surface area contributed by atoms with Crippen LogP contribution in [-0.2, 0) is 21.2 Å². The largest absolute Gasteiger partial charge is 0.480 e. The quantitative estimate of drug-likeness (QED) is 0.828. The summed E-state index contributed by atoms with van der Waals surface area (Å²) < 4.78 is 23.1. The molecule has 1 atom stereocenters. The fraction of sp³-hybridized carbons (Fsp3) is 0.385. The van der Waals surface area contributed by atoms with Crippen LogP contribution in [0.5, 0.6) is 0 Å². The molecule has 0 aromatic carbocycles. The number of aryl methyl sites for hydroxylation is 1. The van der Waals surface area contributed by atoms with Gasteiger partial charge in [-0.1, -0.05) is 0 Å². The van der Waals surface area contributed by atoms with Crippen molar-refractivity contribution in [3.05, 3.63) is 31.0 Å². The Morgan fingerprint density at radius 3 is 2.64 bits per heavy atom. The van der Waals surface area contributed by atoms with E-state index in [-0.39, 0.29) is 13.0 Å². The molecule has 0 fully saturated rings. The highest BCUT2D eigenvalue weighted by Gasteiger charge is 2.43. The van der Waals surface area contributed by atoms with Crippen LogP contribution in [0.1, 0.15) is 13.3 Å². The molecule has 0 aliphatic heterocycles. The number of carboxylic acid groups (broad SMARTS) is 1. The first kappa shape index (κ1) is 16.1. The molecule has 9 heteroatoms. The Labute approximate surface area is 127 Å². The van der Waals surface area contributed by atoms with Crippen molar-refractivity contribution in [1.29, 1.82) is 0 Å². The molecule has 0 saturated heterocycles. The van der Waals surface area contributed by atoms with Gasteiger partial charge in [0.15, 0.2) is 14.6 Å². The third-order valence-electron chi connectivity index (χ3n) is 3.58. The maximum absolute atomic E-state index is 11.7. The van der Waals surface area contributed by atoms with Gasteiger partial charge in [0.05, 0.1) is 18.1 Å². The lowest BCUT2D eigenvalue weighted by atomic mass is 10.1. The molecule has 2 aromatic heterocycles. The van der Waals surface area contributed by atoms with Crippen LogP contribution in [0, 0.1) is 0 Å². The topological polar surface area (TPSA) is 115 Å². The highest BCUT2D eigenvalue weighted by Crippen LogP contribution is 2.22. The summed E-state index contributed by atoms with van der Waals surface area (Å²) in [5.41, 5.74) is 1.36. The molecule has 8 nitrogen and oxygen atoms in total. The molecule has 0 saturated carbocycles.